The van der Waals surface area contributed by atoms with E-state index in [1.165, 1.54) is 36.4 Å². The maximum absolute atomic E-state index is 13.8. The number of hydrogen-bond donors (Lipinski definition) is 2. The molecule has 0 bridgehead atoms. The molecule has 1 aliphatic rings. The first kappa shape index (κ1) is 27.0. The minimum absolute atomic E-state index is 0.0118. The van der Waals surface area contributed by atoms with Crippen LogP contribution in [0.3, 0.4) is 0 Å². The summed E-state index contributed by atoms with van der Waals surface area (Å²) in [5, 5.41) is 2.90. The summed E-state index contributed by atoms with van der Waals surface area (Å²) in [6.07, 6.45) is -1.52. The fourth-order valence-corrected chi connectivity index (χ4v) is 5.98. The quantitative estimate of drug-likeness (QED) is 0.456. The Morgan fingerprint density at radius 1 is 0.973 bits per heavy atom. The van der Waals surface area contributed by atoms with Gasteiger partial charge in [-0.05, 0) is 47.5 Å². The molecule has 1 heterocycles. The fourth-order valence-electron chi connectivity index (χ4n) is 4.05. The van der Waals surface area contributed by atoms with E-state index in [-0.39, 0.29) is 40.1 Å². The molecule has 3 aromatic rings. The molecule has 0 saturated carbocycles. The predicted molar refractivity (Wildman–Crippen MR) is 138 cm³/mol. The summed E-state index contributed by atoms with van der Waals surface area (Å²) in [4.78, 5) is 27.6. The van der Waals surface area contributed by atoms with Crippen molar-refractivity contribution in [3.8, 4) is 0 Å². The van der Waals surface area contributed by atoms with Gasteiger partial charge >= 0.3 is 0 Å². The Kier molecular flexibility index (Phi) is 8.15. The van der Waals surface area contributed by atoms with Gasteiger partial charge < -0.3 is 16.0 Å². The van der Waals surface area contributed by atoms with Crippen LogP contribution in [-0.4, -0.2) is 48.7 Å². The number of halogens is 3. The first-order valence-electron chi connectivity index (χ1n) is 11.2. The van der Waals surface area contributed by atoms with Crippen LogP contribution in [0.25, 0.3) is 0 Å². The molecule has 37 heavy (non-hydrogen) atoms. The normalized spacial score (nSPS) is 16.1. The number of amides is 2. The average molecular weight is 565 g/mol. The summed E-state index contributed by atoms with van der Waals surface area (Å²) in [7, 11) is -4.28. The number of nitrogens with zero attached hydrogens (tertiary/aromatic N) is 2. The Hall–Kier alpha value is -3.02. The Morgan fingerprint density at radius 3 is 2.41 bits per heavy atom. The molecular formula is C25H23Cl2FN4O4S. The van der Waals surface area contributed by atoms with Crippen LogP contribution in [0.4, 0.5) is 4.39 Å². The van der Waals surface area contributed by atoms with Crippen LogP contribution < -0.4 is 11.1 Å². The highest BCUT2D eigenvalue weighted by Crippen LogP contribution is 2.30. The molecule has 12 heteroatoms. The zero-order valence-electron chi connectivity index (χ0n) is 19.4. The van der Waals surface area contributed by atoms with E-state index in [9.17, 15) is 22.4 Å². The van der Waals surface area contributed by atoms with Crippen molar-refractivity contribution in [2.45, 2.75) is 24.2 Å². The number of nitrogens with two attached hydrogens (primary N) is 1. The van der Waals surface area contributed by atoms with Crippen LogP contribution in [0.5, 0.6) is 0 Å². The second-order valence-corrected chi connectivity index (χ2v) is 11.0. The minimum Gasteiger partial charge on any atom is -0.349 e. The van der Waals surface area contributed by atoms with Crippen LogP contribution in [0.15, 0.2) is 71.6 Å². The van der Waals surface area contributed by atoms with Gasteiger partial charge in [0.2, 0.25) is 10.0 Å². The van der Waals surface area contributed by atoms with Gasteiger partial charge in [0.15, 0.2) is 6.17 Å². The second-order valence-electron chi connectivity index (χ2n) is 8.32. The summed E-state index contributed by atoms with van der Waals surface area (Å²) in [5.41, 5.74) is 7.28. The molecule has 8 nitrogen and oxygen atoms in total. The monoisotopic (exact) mass is 564 g/mol. The third-order valence-electron chi connectivity index (χ3n) is 5.89. The number of rotatable bonds is 7. The molecular weight excluding hydrogens is 542 g/mol. The molecule has 194 valence electrons. The molecule has 0 spiro atoms. The third kappa shape index (κ3) is 5.78. The van der Waals surface area contributed by atoms with E-state index >= 15 is 0 Å². The highest BCUT2D eigenvalue weighted by Gasteiger charge is 2.46. The maximum atomic E-state index is 13.8. The lowest BCUT2D eigenvalue weighted by Gasteiger charge is -2.29. The second kappa shape index (κ2) is 11.2. The predicted octanol–water partition coefficient (Wildman–Crippen LogP) is 3.38. The van der Waals surface area contributed by atoms with Gasteiger partial charge in [0, 0.05) is 31.7 Å². The molecule has 3 N–H and O–H groups in total. The molecule has 3 aromatic carbocycles. The van der Waals surface area contributed by atoms with Gasteiger partial charge in [0.1, 0.15) is 5.82 Å². The van der Waals surface area contributed by atoms with Gasteiger partial charge in [0.05, 0.1) is 14.9 Å². The number of carbonyl (C=O) groups excluding carboxylic acids is 2. The zero-order valence-corrected chi connectivity index (χ0v) is 21.7. The first-order chi connectivity index (χ1) is 17.6. The topological polar surface area (TPSA) is 113 Å². The smallest absolute Gasteiger partial charge is 0.259 e. The molecule has 0 aromatic heterocycles. The van der Waals surface area contributed by atoms with E-state index in [1.54, 1.807) is 12.1 Å². The number of hydrogen-bond acceptors (Lipinski definition) is 5. The van der Waals surface area contributed by atoms with Gasteiger partial charge in [-0.1, -0.05) is 53.5 Å². The van der Waals surface area contributed by atoms with Crippen molar-refractivity contribution < 1.29 is 22.4 Å². The third-order valence-corrected chi connectivity index (χ3v) is 8.48. The van der Waals surface area contributed by atoms with E-state index in [2.05, 4.69) is 5.32 Å². The van der Waals surface area contributed by atoms with Crippen LogP contribution in [0.1, 0.15) is 21.5 Å². The summed E-state index contributed by atoms with van der Waals surface area (Å²) in [6.45, 7) is 0.142. The zero-order chi connectivity index (χ0) is 26.7. The largest absolute Gasteiger partial charge is 0.349 e. The number of sulfonamides is 1. The first-order valence-corrected chi connectivity index (χ1v) is 13.4. The molecule has 1 unspecified atom stereocenters. The maximum Gasteiger partial charge on any atom is 0.259 e. The molecule has 2 amide bonds. The van der Waals surface area contributed by atoms with Gasteiger partial charge in [-0.2, -0.15) is 4.31 Å². The highest BCUT2D eigenvalue weighted by atomic mass is 35.5. The lowest BCUT2D eigenvalue weighted by molar-refractivity contribution is -0.127. The lowest BCUT2D eigenvalue weighted by atomic mass is 10.1. The SMILES string of the molecule is NCc1cccc(CNC(=O)C2N(C(=O)c3cccc(F)c3)CCN2S(=O)(=O)c2ccc(Cl)c(Cl)c2)c1. The molecule has 4 rings (SSSR count). The molecule has 0 radical (unpaired) electrons. The Morgan fingerprint density at radius 2 is 1.70 bits per heavy atom. The lowest BCUT2D eigenvalue weighted by Crippen LogP contribution is -2.53. The van der Waals surface area contributed by atoms with Gasteiger partial charge in [-0.15, -0.1) is 0 Å². The number of carbonyl (C=O) groups is 2. The van der Waals surface area contributed by atoms with Crippen molar-refractivity contribution in [3.05, 3.63) is 99.3 Å². The Bertz CT molecular complexity index is 1450. The van der Waals surface area contributed by atoms with Crippen molar-refractivity contribution in [2.24, 2.45) is 5.73 Å². The fraction of sp³-hybridized carbons (Fsp3) is 0.200. The molecule has 1 fully saturated rings. The van der Waals surface area contributed by atoms with Crippen molar-refractivity contribution in [2.75, 3.05) is 13.1 Å². The van der Waals surface area contributed by atoms with Crippen molar-refractivity contribution in [1.82, 2.24) is 14.5 Å². The van der Waals surface area contributed by atoms with Crippen LogP contribution in [0, 0.1) is 5.82 Å². The molecule has 1 atom stereocenters. The van der Waals surface area contributed by atoms with Crippen molar-refractivity contribution >= 4 is 45.0 Å². The molecule has 1 saturated heterocycles. The number of benzene rings is 3. The number of nitrogens with one attached hydrogen (secondary N) is 1. The van der Waals surface area contributed by atoms with E-state index in [0.717, 1.165) is 26.4 Å². The van der Waals surface area contributed by atoms with Gasteiger partial charge in [-0.25, -0.2) is 12.8 Å². The van der Waals surface area contributed by atoms with E-state index in [1.807, 2.05) is 12.1 Å². The van der Waals surface area contributed by atoms with E-state index in [4.69, 9.17) is 28.9 Å². The van der Waals surface area contributed by atoms with Crippen LogP contribution in [0.2, 0.25) is 10.0 Å². The van der Waals surface area contributed by atoms with Crippen molar-refractivity contribution in [1.29, 1.82) is 0 Å². The van der Waals surface area contributed by atoms with E-state index in [0.29, 0.717) is 6.54 Å². The van der Waals surface area contributed by atoms with Gasteiger partial charge in [-0.3, -0.25) is 9.59 Å². The molecule has 0 aliphatic carbocycles. The summed E-state index contributed by atoms with van der Waals surface area (Å²) >= 11 is 12.0. The minimum atomic E-state index is -4.28. The summed E-state index contributed by atoms with van der Waals surface area (Å²) < 4.78 is 41.9. The Labute approximate surface area is 223 Å². The van der Waals surface area contributed by atoms with E-state index < -0.39 is 33.8 Å². The average Bonchev–Trinajstić information content (AvgIpc) is 3.34. The highest BCUT2D eigenvalue weighted by molar-refractivity contribution is 7.89. The van der Waals surface area contributed by atoms with Crippen LogP contribution >= 0.6 is 23.2 Å². The Balaban J connectivity index is 1.67. The van der Waals surface area contributed by atoms with Crippen LogP contribution in [-0.2, 0) is 27.9 Å². The van der Waals surface area contributed by atoms with Gasteiger partial charge in [0.25, 0.3) is 11.8 Å². The van der Waals surface area contributed by atoms with Crippen molar-refractivity contribution in [3.63, 3.8) is 0 Å². The molecule has 1 aliphatic heterocycles. The summed E-state index contributed by atoms with van der Waals surface area (Å²) in [5.74, 6) is -2.04. The standard InChI is InChI=1S/C25H23Cl2FN4O4S/c26-21-8-7-20(13-22(21)27)37(35,36)32-10-9-31(25(34)18-5-2-6-19(28)12-18)24(32)23(33)30-15-17-4-1-3-16(11-17)14-29/h1-8,11-13,24H,9-10,14-15,29H2,(H,30,33). The summed E-state index contributed by atoms with van der Waals surface area (Å²) in [6, 6.07) is 16.0.